The van der Waals surface area contributed by atoms with Crippen LogP contribution in [0.1, 0.15) is 52.9 Å². The fraction of sp³-hybridized carbons (Fsp3) is 0.406. The van der Waals surface area contributed by atoms with Crippen LogP contribution in [0.4, 0.5) is 20.3 Å². The highest BCUT2D eigenvalue weighted by Crippen LogP contribution is 2.42. The molecule has 5 heterocycles. The van der Waals surface area contributed by atoms with E-state index in [-0.39, 0.29) is 50.5 Å². The molecule has 3 fully saturated rings. The second kappa shape index (κ2) is 13.1. The number of hydrogen-bond acceptors (Lipinski definition) is 9. The number of nitrogens with one attached hydrogen (secondary N) is 1. The molecule has 2 aliphatic heterocycles. The van der Waals surface area contributed by atoms with E-state index in [0.29, 0.717) is 43.9 Å². The molecule has 3 aromatic heterocycles. The van der Waals surface area contributed by atoms with E-state index in [9.17, 15) is 33.1 Å². The molecule has 1 saturated carbocycles. The minimum atomic E-state index is -1.33. The number of aromatic nitrogens is 3. The fourth-order valence-corrected chi connectivity index (χ4v) is 6.68. The third kappa shape index (κ3) is 6.08. The van der Waals surface area contributed by atoms with Crippen LogP contribution in [-0.2, 0) is 6.54 Å². The Morgan fingerprint density at radius 3 is 2.17 bits per heavy atom. The number of halogens is 3. The monoisotopic (exact) mass is 685 g/mol. The maximum atomic E-state index is 14.8. The Hall–Kier alpha value is -4.60. The van der Waals surface area contributed by atoms with Crippen molar-refractivity contribution in [2.24, 2.45) is 5.73 Å². The van der Waals surface area contributed by atoms with Gasteiger partial charge in [-0.25, -0.2) is 23.4 Å². The second-order valence-electron chi connectivity index (χ2n) is 12.1. The summed E-state index contributed by atoms with van der Waals surface area (Å²) in [6.07, 6.45) is 5.07. The highest BCUT2D eigenvalue weighted by Gasteiger charge is 2.31. The molecule has 5 N–H and O–H groups in total. The first-order chi connectivity index (χ1) is 22.9. The Balaban J connectivity index is 0.000000168. The van der Waals surface area contributed by atoms with Crippen LogP contribution in [0.5, 0.6) is 0 Å². The molecule has 1 unspecified atom stereocenters. The van der Waals surface area contributed by atoms with Crippen molar-refractivity contribution < 1.29 is 28.6 Å². The summed E-state index contributed by atoms with van der Waals surface area (Å²) in [5.41, 5.74) is 4.67. The molecule has 0 spiro atoms. The van der Waals surface area contributed by atoms with Crippen LogP contribution in [0, 0.1) is 11.6 Å². The first kappa shape index (κ1) is 33.3. The molecule has 1 atom stereocenters. The number of fused-ring (bicyclic) bond motifs is 2. The molecule has 13 nitrogen and oxygen atoms in total. The molecule has 2 saturated heterocycles. The summed E-state index contributed by atoms with van der Waals surface area (Å²) in [5.74, 6) is -3.70. The van der Waals surface area contributed by atoms with E-state index in [1.54, 1.807) is 14.0 Å². The van der Waals surface area contributed by atoms with E-state index >= 15 is 0 Å². The minimum absolute atomic E-state index is 0.00143. The Bertz CT molecular complexity index is 2080. The van der Waals surface area contributed by atoms with E-state index < -0.39 is 34.4 Å². The number of aryl methyl sites for hydroxylation is 1. The third-order valence-electron chi connectivity index (χ3n) is 8.87. The number of carboxylic acid groups (broad SMARTS) is 2. The summed E-state index contributed by atoms with van der Waals surface area (Å²) in [6, 6.07) is 2.23. The van der Waals surface area contributed by atoms with Gasteiger partial charge in [0.1, 0.15) is 22.6 Å². The molecule has 48 heavy (non-hydrogen) atoms. The third-order valence-corrected chi connectivity index (χ3v) is 9.22. The van der Waals surface area contributed by atoms with E-state index in [2.05, 4.69) is 10.3 Å². The van der Waals surface area contributed by atoms with Gasteiger partial charge in [-0.2, -0.15) is 0 Å². The molecule has 1 aromatic carbocycles. The Morgan fingerprint density at radius 1 is 0.958 bits per heavy atom. The molecule has 254 valence electrons. The van der Waals surface area contributed by atoms with Crippen LogP contribution >= 0.6 is 11.6 Å². The summed E-state index contributed by atoms with van der Waals surface area (Å²) in [4.78, 5) is 55.3. The van der Waals surface area contributed by atoms with Crippen LogP contribution in [0.15, 0.2) is 34.1 Å². The number of hydrogen-bond donors (Lipinski definition) is 4. The Morgan fingerprint density at radius 2 is 1.58 bits per heavy atom. The number of carbonyl (C=O) groups is 2. The SMILES string of the molecule is CCn1cc(C(=O)O)c(=O)c2cc(F)c(N3CCNCC3)nc21.NC1CCN(c2c(F)cc3c(=O)c(C(=O)O)cn(C4CC4)c3c2Cl)C1. The van der Waals surface area contributed by atoms with Crippen molar-refractivity contribution >= 4 is 57.0 Å². The smallest absolute Gasteiger partial charge is 0.341 e. The summed E-state index contributed by atoms with van der Waals surface area (Å²) in [5, 5.41) is 21.7. The van der Waals surface area contributed by atoms with E-state index in [4.69, 9.17) is 22.4 Å². The number of piperazine rings is 1. The number of rotatable bonds is 6. The molecular formula is C32H34ClF2N7O6. The predicted octanol–water partition coefficient (Wildman–Crippen LogP) is 3.03. The quantitative estimate of drug-likeness (QED) is 0.235. The van der Waals surface area contributed by atoms with Crippen molar-refractivity contribution in [2.75, 3.05) is 49.1 Å². The van der Waals surface area contributed by atoms with Gasteiger partial charge in [0.2, 0.25) is 10.9 Å². The predicted molar refractivity (Wildman–Crippen MR) is 177 cm³/mol. The highest BCUT2D eigenvalue weighted by atomic mass is 35.5. The van der Waals surface area contributed by atoms with Crippen LogP contribution in [0.2, 0.25) is 5.02 Å². The minimum Gasteiger partial charge on any atom is -0.477 e. The maximum absolute atomic E-state index is 14.8. The van der Waals surface area contributed by atoms with Gasteiger partial charge in [0, 0.05) is 70.3 Å². The van der Waals surface area contributed by atoms with Crippen molar-refractivity contribution in [3.05, 3.63) is 72.8 Å². The lowest BCUT2D eigenvalue weighted by atomic mass is 10.1. The standard InChI is InChI=1S/C17H17ClFN3O3.C15H17FN4O3/c18-13-14-10(5-12(19)15(13)21-4-3-8(20)6-21)16(23)11(17(24)25)7-22(14)9-1-2-9;1-2-19-8-10(15(22)23)12(21)9-7-11(16)14(18-13(9)19)20-5-3-17-4-6-20/h5,7-9H,1-4,6,20H2,(H,24,25);7-8,17H,2-6H2,1H3,(H,22,23). The topological polar surface area (TPSA) is 176 Å². The molecule has 1 aliphatic carbocycles. The van der Waals surface area contributed by atoms with Gasteiger partial charge < -0.3 is 40.2 Å². The van der Waals surface area contributed by atoms with Gasteiger partial charge in [0.05, 0.1) is 27.0 Å². The van der Waals surface area contributed by atoms with Gasteiger partial charge in [-0.3, -0.25) is 9.59 Å². The zero-order valence-corrected chi connectivity index (χ0v) is 26.8. The van der Waals surface area contributed by atoms with Crippen LogP contribution < -0.4 is 31.7 Å². The maximum Gasteiger partial charge on any atom is 0.341 e. The number of nitrogens with zero attached hydrogens (tertiary/aromatic N) is 5. The lowest BCUT2D eigenvalue weighted by Crippen LogP contribution is -2.44. The number of nitrogens with two attached hydrogens (primary N) is 1. The number of pyridine rings is 3. The van der Waals surface area contributed by atoms with E-state index in [0.717, 1.165) is 44.5 Å². The van der Waals surface area contributed by atoms with Crippen molar-refractivity contribution in [1.82, 2.24) is 19.4 Å². The average molecular weight is 686 g/mol. The summed E-state index contributed by atoms with van der Waals surface area (Å²) < 4.78 is 32.5. The Labute approximate surface area is 277 Å². The van der Waals surface area contributed by atoms with Crippen molar-refractivity contribution in [2.45, 2.75) is 44.8 Å². The number of carboxylic acids is 2. The zero-order valence-electron chi connectivity index (χ0n) is 26.0. The van der Waals surface area contributed by atoms with Gasteiger partial charge in [-0.05, 0) is 38.3 Å². The van der Waals surface area contributed by atoms with Crippen LogP contribution in [0.3, 0.4) is 0 Å². The highest BCUT2D eigenvalue weighted by molar-refractivity contribution is 6.38. The van der Waals surface area contributed by atoms with Crippen LogP contribution in [0.25, 0.3) is 21.9 Å². The number of aromatic carboxylic acids is 2. The zero-order chi connectivity index (χ0) is 34.4. The fourth-order valence-electron chi connectivity index (χ4n) is 6.27. The molecule has 0 amide bonds. The van der Waals surface area contributed by atoms with Crippen molar-refractivity contribution in [1.29, 1.82) is 0 Å². The van der Waals surface area contributed by atoms with Gasteiger partial charge in [0.25, 0.3) is 0 Å². The summed E-state index contributed by atoms with van der Waals surface area (Å²) >= 11 is 6.53. The first-order valence-electron chi connectivity index (χ1n) is 15.6. The second-order valence-corrected chi connectivity index (χ2v) is 12.5. The Kier molecular flexibility index (Phi) is 9.11. The largest absolute Gasteiger partial charge is 0.477 e. The molecule has 4 aromatic rings. The molecule has 0 bridgehead atoms. The van der Waals surface area contributed by atoms with Crippen LogP contribution in [-0.4, -0.2) is 81.6 Å². The van der Waals surface area contributed by atoms with Gasteiger partial charge in [-0.15, -0.1) is 0 Å². The normalized spacial score (nSPS) is 17.9. The first-order valence-corrected chi connectivity index (χ1v) is 16.0. The van der Waals surface area contributed by atoms with Gasteiger partial charge >= 0.3 is 11.9 Å². The molecule has 0 radical (unpaired) electrons. The van der Waals surface area contributed by atoms with Crippen molar-refractivity contribution in [3.63, 3.8) is 0 Å². The molecule has 7 rings (SSSR count). The lowest BCUT2D eigenvalue weighted by molar-refractivity contribution is 0.0684. The summed E-state index contributed by atoms with van der Waals surface area (Å²) in [6.45, 7) is 6.03. The van der Waals surface area contributed by atoms with Gasteiger partial charge in [-0.1, -0.05) is 11.6 Å². The summed E-state index contributed by atoms with van der Waals surface area (Å²) in [7, 11) is 0. The van der Waals surface area contributed by atoms with Gasteiger partial charge in [0.15, 0.2) is 11.6 Å². The molecular weight excluding hydrogens is 652 g/mol. The van der Waals surface area contributed by atoms with E-state index in [1.165, 1.54) is 12.4 Å². The van der Waals surface area contributed by atoms with Crippen molar-refractivity contribution in [3.8, 4) is 0 Å². The lowest BCUT2D eigenvalue weighted by Gasteiger charge is -2.29. The number of benzene rings is 1. The van der Waals surface area contributed by atoms with E-state index in [1.807, 2.05) is 11.8 Å². The molecule has 3 aliphatic rings. The molecule has 16 heteroatoms. The number of anilines is 2. The average Bonchev–Trinajstić information content (AvgIpc) is 3.82.